The first-order chi connectivity index (χ1) is 7.69. The Labute approximate surface area is 98.1 Å². The number of hydrogen-bond donors (Lipinski definition) is 0. The molecule has 2 heteroatoms. The molecule has 3 rings (SSSR count). The van der Waals surface area contributed by atoms with Gasteiger partial charge in [0, 0.05) is 19.2 Å². The molecule has 1 aliphatic heterocycles. The highest BCUT2D eigenvalue weighted by Gasteiger charge is 2.38. The van der Waals surface area contributed by atoms with Gasteiger partial charge in [-0.3, -0.25) is 0 Å². The maximum atomic E-state index is 4.80. The molecule has 1 spiro atoms. The minimum atomic E-state index is 0.567. The van der Waals surface area contributed by atoms with Gasteiger partial charge in [0.1, 0.15) is 5.82 Å². The molecule has 2 nitrogen and oxygen atoms in total. The van der Waals surface area contributed by atoms with Crippen molar-refractivity contribution >= 4 is 0 Å². The number of aryl methyl sites for hydroxylation is 2. The molecule has 0 saturated heterocycles. The second kappa shape index (κ2) is 3.61. The van der Waals surface area contributed by atoms with E-state index >= 15 is 0 Å². The van der Waals surface area contributed by atoms with Crippen LogP contribution in [0, 0.1) is 5.41 Å². The number of rotatable bonds is 1. The van der Waals surface area contributed by atoms with E-state index in [2.05, 4.69) is 24.6 Å². The van der Waals surface area contributed by atoms with Gasteiger partial charge in [-0.25, -0.2) is 4.98 Å². The zero-order valence-electron chi connectivity index (χ0n) is 10.5. The third-order valence-corrected chi connectivity index (χ3v) is 4.65. The van der Waals surface area contributed by atoms with E-state index in [-0.39, 0.29) is 0 Å². The highest BCUT2D eigenvalue weighted by Crippen LogP contribution is 2.49. The van der Waals surface area contributed by atoms with Crippen LogP contribution in [-0.2, 0) is 13.0 Å². The van der Waals surface area contributed by atoms with Gasteiger partial charge in [-0.1, -0.05) is 20.3 Å². The quantitative estimate of drug-likeness (QED) is 0.705. The van der Waals surface area contributed by atoms with Gasteiger partial charge in [0.05, 0.1) is 5.69 Å². The van der Waals surface area contributed by atoms with Crippen molar-refractivity contribution in [2.75, 3.05) is 0 Å². The van der Waals surface area contributed by atoms with Crippen molar-refractivity contribution in [2.45, 2.75) is 64.8 Å². The van der Waals surface area contributed by atoms with Crippen molar-refractivity contribution in [1.82, 2.24) is 9.55 Å². The summed E-state index contributed by atoms with van der Waals surface area (Å²) in [5, 5.41) is 0. The van der Waals surface area contributed by atoms with Crippen molar-refractivity contribution < 1.29 is 0 Å². The van der Waals surface area contributed by atoms with Gasteiger partial charge in [-0.2, -0.15) is 0 Å². The van der Waals surface area contributed by atoms with E-state index in [9.17, 15) is 0 Å². The number of hydrogen-bond acceptors (Lipinski definition) is 1. The van der Waals surface area contributed by atoms with Crippen LogP contribution in [-0.4, -0.2) is 9.55 Å². The first kappa shape index (κ1) is 10.4. The molecule has 1 aromatic rings. The Morgan fingerprint density at radius 2 is 2.06 bits per heavy atom. The molecule has 1 aromatic heterocycles. The fourth-order valence-corrected chi connectivity index (χ4v) is 3.18. The molecule has 0 radical (unpaired) electrons. The molecule has 0 unspecified atom stereocenters. The van der Waals surface area contributed by atoms with Crippen LogP contribution in [0.3, 0.4) is 0 Å². The van der Waals surface area contributed by atoms with Gasteiger partial charge >= 0.3 is 0 Å². The summed E-state index contributed by atoms with van der Waals surface area (Å²) in [6, 6.07) is 0. The monoisotopic (exact) mass is 218 g/mol. The summed E-state index contributed by atoms with van der Waals surface area (Å²) in [6.07, 6.45) is 10.6. The van der Waals surface area contributed by atoms with Crippen molar-refractivity contribution in [2.24, 2.45) is 5.41 Å². The lowest BCUT2D eigenvalue weighted by Gasteiger charge is -2.41. The van der Waals surface area contributed by atoms with Gasteiger partial charge in [0.15, 0.2) is 0 Å². The van der Waals surface area contributed by atoms with E-state index in [1.807, 2.05) is 0 Å². The molecule has 0 bridgehead atoms. The topological polar surface area (TPSA) is 17.8 Å². The molecule has 0 amide bonds. The standard InChI is InChI=1S/C14H22N2/c1-11(2)12-10-16-9-8-14(5-3-6-14)7-4-13(16)15-12/h10-11H,3-9H2,1-2H3. The summed E-state index contributed by atoms with van der Waals surface area (Å²) in [5.41, 5.74) is 1.98. The zero-order valence-corrected chi connectivity index (χ0v) is 10.5. The minimum Gasteiger partial charge on any atom is -0.335 e. The number of fused-ring (bicyclic) bond motifs is 1. The summed E-state index contributed by atoms with van der Waals surface area (Å²) < 4.78 is 2.42. The lowest BCUT2D eigenvalue weighted by atomic mass is 9.64. The van der Waals surface area contributed by atoms with Gasteiger partial charge in [0.25, 0.3) is 0 Å². The zero-order chi connectivity index (χ0) is 11.2. The molecule has 0 aromatic carbocycles. The SMILES string of the molecule is CC(C)c1cn2c(n1)CCC1(CCC1)CC2. The molecule has 0 N–H and O–H groups in total. The van der Waals surface area contributed by atoms with Crippen molar-refractivity contribution in [3.05, 3.63) is 17.7 Å². The maximum Gasteiger partial charge on any atom is 0.108 e. The van der Waals surface area contributed by atoms with Crippen LogP contribution in [0.2, 0.25) is 0 Å². The average molecular weight is 218 g/mol. The molecule has 1 saturated carbocycles. The van der Waals surface area contributed by atoms with Crippen molar-refractivity contribution in [1.29, 1.82) is 0 Å². The largest absolute Gasteiger partial charge is 0.335 e. The normalized spacial score (nSPS) is 22.9. The number of imidazole rings is 1. The van der Waals surface area contributed by atoms with Gasteiger partial charge in [0.2, 0.25) is 0 Å². The van der Waals surface area contributed by atoms with E-state index < -0.39 is 0 Å². The second-order valence-electron chi connectivity index (χ2n) is 6.03. The van der Waals surface area contributed by atoms with Crippen molar-refractivity contribution in [3.63, 3.8) is 0 Å². The Morgan fingerprint density at radius 1 is 1.25 bits per heavy atom. The van der Waals surface area contributed by atoms with E-state index in [4.69, 9.17) is 4.98 Å². The first-order valence-corrected chi connectivity index (χ1v) is 6.75. The smallest absolute Gasteiger partial charge is 0.108 e. The summed E-state index contributed by atoms with van der Waals surface area (Å²) >= 11 is 0. The van der Waals surface area contributed by atoms with Gasteiger partial charge in [-0.15, -0.1) is 0 Å². The highest BCUT2D eigenvalue weighted by molar-refractivity contribution is 5.10. The molecular weight excluding hydrogens is 196 g/mol. The Hall–Kier alpha value is -0.790. The Bertz CT molecular complexity index is 358. The van der Waals surface area contributed by atoms with Gasteiger partial charge < -0.3 is 4.57 Å². The van der Waals surface area contributed by atoms with Crippen LogP contribution >= 0.6 is 0 Å². The number of nitrogens with zero attached hydrogens (tertiary/aromatic N) is 2. The second-order valence-corrected chi connectivity index (χ2v) is 6.03. The van der Waals surface area contributed by atoms with Crippen LogP contribution in [0.25, 0.3) is 0 Å². The minimum absolute atomic E-state index is 0.567. The first-order valence-electron chi connectivity index (χ1n) is 6.75. The third kappa shape index (κ3) is 1.59. The van der Waals surface area contributed by atoms with E-state index in [0.717, 1.165) is 0 Å². The molecule has 1 fully saturated rings. The van der Waals surface area contributed by atoms with E-state index in [1.165, 1.54) is 56.6 Å². The Morgan fingerprint density at radius 3 is 2.69 bits per heavy atom. The molecular formula is C14H22N2. The van der Waals surface area contributed by atoms with Crippen LogP contribution in [0.5, 0.6) is 0 Å². The fraction of sp³-hybridized carbons (Fsp3) is 0.786. The Kier molecular flexibility index (Phi) is 2.34. The maximum absolute atomic E-state index is 4.80. The van der Waals surface area contributed by atoms with Gasteiger partial charge in [-0.05, 0) is 37.0 Å². The van der Waals surface area contributed by atoms with Crippen LogP contribution in [0.4, 0.5) is 0 Å². The molecule has 0 atom stereocenters. The molecule has 2 heterocycles. The fourth-order valence-electron chi connectivity index (χ4n) is 3.18. The van der Waals surface area contributed by atoms with E-state index in [1.54, 1.807) is 0 Å². The summed E-state index contributed by atoms with van der Waals surface area (Å²) in [6.45, 7) is 5.67. The average Bonchev–Trinajstić information content (AvgIpc) is 2.52. The van der Waals surface area contributed by atoms with Crippen LogP contribution in [0.1, 0.15) is 63.4 Å². The molecule has 1 aliphatic carbocycles. The summed E-state index contributed by atoms with van der Waals surface area (Å²) in [5.74, 6) is 1.91. The third-order valence-electron chi connectivity index (χ3n) is 4.65. The molecule has 2 aliphatic rings. The molecule has 88 valence electrons. The van der Waals surface area contributed by atoms with E-state index in [0.29, 0.717) is 11.3 Å². The van der Waals surface area contributed by atoms with Crippen molar-refractivity contribution in [3.8, 4) is 0 Å². The Balaban J connectivity index is 1.81. The lowest BCUT2D eigenvalue weighted by Crippen LogP contribution is -2.29. The van der Waals surface area contributed by atoms with Crippen LogP contribution in [0.15, 0.2) is 6.20 Å². The highest BCUT2D eigenvalue weighted by atomic mass is 15.1. The van der Waals surface area contributed by atoms with Crippen LogP contribution < -0.4 is 0 Å². The summed E-state index contributed by atoms with van der Waals surface area (Å²) in [4.78, 5) is 4.80. The summed E-state index contributed by atoms with van der Waals surface area (Å²) in [7, 11) is 0. The number of aromatic nitrogens is 2. The lowest BCUT2D eigenvalue weighted by molar-refractivity contribution is 0.107. The predicted molar refractivity (Wildman–Crippen MR) is 65.5 cm³/mol. The predicted octanol–water partition coefficient (Wildman–Crippen LogP) is 3.51. The molecule has 16 heavy (non-hydrogen) atoms.